The van der Waals surface area contributed by atoms with Crippen molar-refractivity contribution in [3.63, 3.8) is 0 Å². The number of nitrogens with zero attached hydrogens (tertiary/aromatic N) is 2. The summed E-state index contributed by atoms with van der Waals surface area (Å²) in [5.74, 6) is 0.887. The van der Waals surface area contributed by atoms with E-state index in [9.17, 15) is 0 Å². The Morgan fingerprint density at radius 1 is 1.21 bits per heavy atom. The molecule has 1 unspecified atom stereocenters. The first-order valence-corrected chi connectivity index (χ1v) is 7.93. The molecule has 2 aliphatic rings. The summed E-state index contributed by atoms with van der Waals surface area (Å²) < 4.78 is 0. The molecule has 0 aromatic carbocycles. The van der Waals surface area contributed by atoms with Gasteiger partial charge < -0.3 is 15.1 Å². The molecule has 2 aliphatic heterocycles. The van der Waals surface area contributed by atoms with Gasteiger partial charge in [0.25, 0.3) is 0 Å². The lowest BCUT2D eigenvalue weighted by molar-refractivity contribution is 0.111. The Morgan fingerprint density at radius 3 is 2.53 bits per heavy atom. The van der Waals surface area contributed by atoms with E-state index in [0.717, 1.165) is 12.0 Å². The van der Waals surface area contributed by atoms with Gasteiger partial charge in [0.15, 0.2) is 0 Å². The third kappa shape index (κ3) is 5.58. The average Bonchev–Trinajstić information content (AvgIpc) is 2.41. The van der Waals surface area contributed by atoms with E-state index in [-0.39, 0.29) is 12.4 Å². The monoisotopic (exact) mass is 289 g/mol. The molecule has 2 heterocycles. The van der Waals surface area contributed by atoms with Crippen LogP contribution in [0.1, 0.15) is 39.0 Å². The van der Waals surface area contributed by atoms with Crippen LogP contribution in [0.15, 0.2) is 0 Å². The smallest absolute Gasteiger partial charge is 0.0117 e. The van der Waals surface area contributed by atoms with Crippen molar-refractivity contribution in [1.82, 2.24) is 15.1 Å². The summed E-state index contributed by atoms with van der Waals surface area (Å²) in [6.45, 7) is 9.97. The molecule has 2 saturated heterocycles. The minimum atomic E-state index is 0. The summed E-state index contributed by atoms with van der Waals surface area (Å²) in [6, 6.07) is 0.833. The highest BCUT2D eigenvalue weighted by Gasteiger charge is 2.24. The molecule has 114 valence electrons. The SMILES string of the molecule is CCCN1CCC(N(C)CC2CCCNC2)CC1.Cl. The summed E-state index contributed by atoms with van der Waals surface area (Å²) in [5, 5.41) is 3.53. The van der Waals surface area contributed by atoms with E-state index in [4.69, 9.17) is 0 Å². The molecule has 1 N–H and O–H groups in total. The van der Waals surface area contributed by atoms with Crippen molar-refractivity contribution in [2.75, 3.05) is 46.3 Å². The number of piperidine rings is 2. The summed E-state index contributed by atoms with van der Waals surface area (Å²) in [4.78, 5) is 5.27. The molecule has 0 saturated carbocycles. The summed E-state index contributed by atoms with van der Waals surface area (Å²) in [7, 11) is 2.34. The van der Waals surface area contributed by atoms with Gasteiger partial charge in [-0.15, -0.1) is 12.4 Å². The molecule has 0 amide bonds. The second-order valence-electron chi connectivity index (χ2n) is 6.22. The van der Waals surface area contributed by atoms with Crippen LogP contribution < -0.4 is 5.32 Å². The Morgan fingerprint density at radius 2 is 1.95 bits per heavy atom. The van der Waals surface area contributed by atoms with Crippen LogP contribution >= 0.6 is 12.4 Å². The molecule has 1 atom stereocenters. The average molecular weight is 290 g/mol. The molecular formula is C15H32ClN3. The van der Waals surface area contributed by atoms with E-state index in [0.29, 0.717) is 0 Å². The topological polar surface area (TPSA) is 18.5 Å². The van der Waals surface area contributed by atoms with E-state index in [2.05, 4.69) is 29.1 Å². The number of rotatable bonds is 5. The first kappa shape index (κ1) is 17.2. The van der Waals surface area contributed by atoms with Gasteiger partial charge in [-0.05, 0) is 77.8 Å². The summed E-state index contributed by atoms with van der Waals surface area (Å²) in [5.41, 5.74) is 0. The van der Waals surface area contributed by atoms with Crippen molar-refractivity contribution in [3.05, 3.63) is 0 Å². The van der Waals surface area contributed by atoms with Crippen molar-refractivity contribution in [2.45, 2.75) is 45.1 Å². The van der Waals surface area contributed by atoms with Gasteiger partial charge in [-0.1, -0.05) is 6.92 Å². The fourth-order valence-electron chi connectivity index (χ4n) is 3.54. The fraction of sp³-hybridized carbons (Fsp3) is 1.00. The first-order chi connectivity index (χ1) is 8.79. The maximum absolute atomic E-state index is 3.53. The standard InChI is InChI=1S/C15H31N3.ClH/c1-3-9-18-10-6-15(7-11-18)17(2)13-14-5-4-8-16-12-14;/h14-16H,3-13H2,1-2H3;1H. The molecule has 2 rings (SSSR count). The molecule has 0 aromatic rings. The Balaban J connectivity index is 0.00000180. The van der Waals surface area contributed by atoms with Gasteiger partial charge in [0.05, 0.1) is 0 Å². The Hall–Kier alpha value is 0.170. The highest BCUT2D eigenvalue weighted by molar-refractivity contribution is 5.85. The lowest BCUT2D eigenvalue weighted by Crippen LogP contribution is -2.46. The third-order valence-electron chi connectivity index (χ3n) is 4.67. The Labute approximate surface area is 125 Å². The van der Waals surface area contributed by atoms with E-state index >= 15 is 0 Å². The second kappa shape index (κ2) is 9.17. The van der Waals surface area contributed by atoms with Crippen molar-refractivity contribution < 1.29 is 0 Å². The zero-order chi connectivity index (χ0) is 12.8. The lowest BCUT2D eigenvalue weighted by Gasteiger charge is -2.38. The molecule has 2 fully saturated rings. The zero-order valence-electron chi connectivity index (χ0n) is 12.7. The maximum atomic E-state index is 3.53. The molecular weight excluding hydrogens is 258 g/mol. The molecule has 4 heteroatoms. The van der Waals surface area contributed by atoms with Gasteiger partial charge >= 0.3 is 0 Å². The van der Waals surface area contributed by atoms with Crippen LogP contribution in [0, 0.1) is 5.92 Å². The zero-order valence-corrected chi connectivity index (χ0v) is 13.6. The van der Waals surface area contributed by atoms with Gasteiger partial charge in [0, 0.05) is 12.6 Å². The van der Waals surface area contributed by atoms with E-state index < -0.39 is 0 Å². The highest BCUT2D eigenvalue weighted by Crippen LogP contribution is 2.18. The largest absolute Gasteiger partial charge is 0.316 e. The number of likely N-dealkylation sites (tertiary alicyclic amines) is 1. The van der Waals surface area contributed by atoms with Gasteiger partial charge in [0.2, 0.25) is 0 Å². The van der Waals surface area contributed by atoms with Crippen LogP contribution in [0.2, 0.25) is 0 Å². The predicted molar refractivity (Wildman–Crippen MR) is 85.2 cm³/mol. The summed E-state index contributed by atoms with van der Waals surface area (Å²) >= 11 is 0. The molecule has 0 spiro atoms. The fourth-order valence-corrected chi connectivity index (χ4v) is 3.54. The molecule has 0 bridgehead atoms. The minimum absolute atomic E-state index is 0. The number of nitrogens with one attached hydrogen (secondary N) is 1. The summed E-state index contributed by atoms with van der Waals surface area (Å²) in [6.07, 6.45) is 6.83. The highest BCUT2D eigenvalue weighted by atomic mass is 35.5. The van der Waals surface area contributed by atoms with Crippen molar-refractivity contribution in [1.29, 1.82) is 0 Å². The Kier molecular flexibility index (Phi) is 8.31. The van der Waals surface area contributed by atoms with Crippen LogP contribution in [0.5, 0.6) is 0 Å². The molecule has 0 aliphatic carbocycles. The van der Waals surface area contributed by atoms with E-state index in [1.54, 1.807) is 0 Å². The first-order valence-electron chi connectivity index (χ1n) is 7.93. The van der Waals surface area contributed by atoms with Crippen molar-refractivity contribution >= 4 is 12.4 Å². The molecule has 0 aromatic heterocycles. The molecule has 19 heavy (non-hydrogen) atoms. The number of halogens is 1. The lowest BCUT2D eigenvalue weighted by atomic mass is 9.97. The van der Waals surface area contributed by atoms with E-state index in [1.807, 2.05) is 0 Å². The second-order valence-corrected chi connectivity index (χ2v) is 6.22. The molecule has 0 radical (unpaired) electrons. The van der Waals surface area contributed by atoms with Crippen LogP contribution in [-0.4, -0.2) is 62.2 Å². The van der Waals surface area contributed by atoms with Gasteiger partial charge in [0.1, 0.15) is 0 Å². The van der Waals surface area contributed by atoms with Gasteiger partial charge in [-0.2, -0.15) is 0 Å². The Bertz CT molecular complexity index is 223. The maximum Gasteiger partial charge on any atom is 0.0117 e. The van der Waals surface area contributed by atoms with Crippen molar-refractivity contribution in [3.8, 4) is 0 Å². The van der Waals surface area contributed by atoms with Crippen LogP contribution in [0.3, 0.4) is 0 Å². The van der Waals surface area contributed by atoms with Crippen LogP contribution in [0.25, 0.3) is 0 Å². The van der Waals surface area contributed by atoms with Crippen molar-refractivity contribution in [2.24, 2.45) is 5.92 Å². The third-order valence-corrected chi connectivity index (χ3v) is 4.67. The normalized spacial score (nSPS) is 26.4. The van der Waals surface area contributed by atoms with Crippen LogP contribution in [-0.2, 0) is 0 Å². The predicted octanol–water partition coefficient (Wildman–Crippen LogP) is 2.21. The number of hydrogen-bond acceptors (Lipinski definition) is 3. The molecule has 3 nitrogen and oxygen atoms in total. The van der Waals surface area contributed by atoms with Gasteiger partial charge in [-0.3, -0.25) is 0 Å². The minimum Gasteiger partial charge on any atom is -0.316 e. The quantitative estimate of drug-likeness (QED) is 0.837. The van der Waals surface area contributed by atoms with Gasteiger partial charge in [-0.25, -0.2) is 0 Å². The van der Waals surface area contributed by atoms with E-state index in [1.165, 1.54) is 71.4 Å². The number of hydrogen-bond donors (Lipinski definition) is 1. The van der Waals surface area contributed by atoms with Crippen LogP contribution in [0.4, 0.5) is 0 Å².